The zero-order valence-corrected chi connectivity index (χ0v) is 9.67. The number of nitriles is 1. The lowest BCUT2D eigenvalue weighted by atomic mass is 10.3. The number of rotatable bonds is 3. The van der Waals surface area contributed by atoms with Gasteiger partial charge in [-0.25, -0.2) is 0 Å². The molecule has 0 bridgehead atoms. The Kier molecular flexibility index (Phi) is 3.07. The number of aromatic nitrogens is 2. The van der Waals surface area contributed by atoms with Crippen LogP contribution in [0.3, 0.4) is 0 Å². The molecule has 2 heterocycles. The highest BCUT2D eigenvalue weighted by Gasteiger charge is 2.12. The Morgan fingerprint density at radius 3 is 3.18 bits per heavy atom. The van der Waals surface area contributed by atoms with E-state index in [2.05, 4.69) is 15.5 Å². The highest BCUT2D eigenvalue weighted by molar-refractivity contribution is 7.12. The van der Waals surface area contributed by atoms with Crippen molar-refractivity contribution in [3.63, 3.8) is 0 Å². The van der Waals surface area contributed by atoms with Crippen molar-refractivity contribution in [1.82, 2.24) is 10.2 Å². The van der Waals surface area contributed by atoms with Crippen LogP contribution in [0.2, 0.25) is 0 Å². The van der Waals surface area contributed by atoms with E-state index >= 15 is 0 Å². The molecule has 0 aliphatic rings. The van der Waals surface area contributed by atoms with Crippen LogP contribution in [0.1, 0.15) is 15.2 Å². The maximum absolute atomic E-state index is 11.8. The number of methoxy groups -OCH3 is 1. The lowest BCUT2D eigenvalue weighted by molar-refractivity contribution is 0.103. The number of amides is 1. The summed E-state index contributed by atoms with van der Waals surface area (Å²) in [6.45, 7) is 0. The molecule has 2 N–H and O–H groups in total. The first-order valence-electron chi connectivity index (χ1n) is 4.62. The van der Waals surface area contributed by atoms with Gasteiger partial charge in [-0.2, -0.15) is 10.4 Å². The number of carbonyl (C=O) groups excluding carboxylic acids is 1. The summed E-state index contributed by atoms with van der Waals surface area (Å²) in [5, 5.41) is 19.3. The van der Waals surface area contributed by atoms with Gasteiger partial charge in [0.1, 0.15) is 23.2 Å². The summed E-state index contributed by atoms with van der Waals surface area (Å²) in [7, 11) is 1.53. The van der Waals surface area contributed by atoms with Crippen molar-refractivity contribution in [2.45, 2.75) is 0 Å². The second kappa shape index (κ2) is 4.67. The molecule has 0 unspecified atom stereocenters. The average Bonchev–Trinajstić information content (AvgIpc) is 2.96. The number of H-pyrrole nitrogens is 1. The lowest BCUT2D eigenvalue weighted by Crippen LogP contribution is -2.11. The minimum absolute atomic E-state index is 0.293. The molecule has 2 aromatic rings. The molecule has 0 atom stereocenters. The highest BCUT2D eigenvalue weighted by Crippen LogP contribution is 2.22. The van der Waals surface area contributed by atoms with Crippen molar-refractivity contribution < 1.29 is 9.53 Å². The second-order valence-electron chi connectivity index (χ2n) is 3.08. The van der Waals surface area contributed by atoms with E-state index < -0.39 is 0 Å². The maximum Gasteiger partial charge on any atom is 0.267 e. The lowest BCUT2D eigenvalue weighted by Gasteiger charge is -1.99. The molecule has 0 aromatic carbocycles. The molecule has 17 heavy (non-hydrogen) atoms. The van der Waals surface area contributed by atoms with Gasteiger partial charge in [0.25, 0.3) is 5.91 Å². The van der Waals surface area contributed by atoms with E-state index in [0.717, 1.165) is 0 Å². The van der Waals surface area contributed by atoms with Crippen LogP contribution < -0.4 is 10.1 Å². The molecule has 1 amide bonds. The van der Waals surface area contributed by atoms with Gasteiger partial charge in [-0.15, -0.1) is 11.3 Å². The van der Waals surface area contributed by atoms with Crippen LogP contribution in [0.4, 0.5) is 5.82 Å². The van der Waals surface area contributed by atoms with Crippen molar-refractivity contribution in [2.75, 3.05) is 12.4 Å². The number of ether oxygens (including phenoxy) is 1. The van der Waals surface area contributed by atoms with Gasteiger partial charge in [0, 0.05) is 11.4 Å². The van der Waals surface area contributed by atoms with Crippen LogP contribution >= 0.6 is 11.3 Å². The zero-order valence-electron chi connectivity index (χ0n) is 8.85. The smallest absolute Gasteiger partial charge is 0.267 e. The molecule has 2 aromatic heterocycles. The normalized spacial score (nSPS) is 9.65. The molecule has 7 heteroatoms. The molecule has 86 valence electrons. The third-order valence-electron chi connectivity index (χ3n) is 2.03. The van der Waals surface area contributed by atoms with E-state index in [4.69, 9.17) is 10.00 Å². The SMILES string of the molecule is COc1csc(C(=O)Nc2[nH]ncc2C#N)c1. The van der Waals surface area contributed by atoms with Gasteiger partial charge >= 0.3 is 0 Å². The number of hydrogen-bond acceptors (Lipinski definition) is 5. The van der Waals surface area contributed by atoms with Gasteiger partial charge in [-0.1, -0.05) is 0 Å². The fraction of sp³-hybridized carbons (Fsp3) is 0.100. The summed E-state index contributed by atoms with van der Waals surface area (Å²) in [5.74, 6) is 0.620. The number of aromatic amines is 1. The highest BCUT2D eigenvalue weighted by atomic mass is 32.1. The molecular formula is C10H8N4O2S. The van der Waals surface area contributed by atoms with E-state index in [1.165, 1.54) is 24.6 Å². The molecule has 6 nitrogen and oxygen atoms in total. The number of carbonyl (C=O) groups is 1. The van der Waals surface area contributed by atoms with Crippen molar-refractivity contribution in [2.24, 2.45) is 0 Å². The molecule has 2 rings (SSSR count). The van der Waals surface area contributed by atoms with Gasteiger partial charge in [-0.3, -0.25) is 9.89 Å². The monoisotopic (exact) mass is 248 g/mol. The zero-order chi connectivity index (χ0) is 12.3. The minimum Gasteiger partial charge on any atom is -0.496 e. The Bertz CT molecular complexity index is 581. The molecule has 0 spiro atoms. The first kappa shape index (κ1) is 11.2. The van der Waals surface area contributed by atoms with Crippen molar-refractivity contribution in [1.29, 1.82) is 5.26 Å². The van der Waals surface area contributed by atoms with E-state index in [1.54, 1.807) is 11.4 Å². The first-order valence-corrected chi connectivity index (χ1v) is 5.50. The van der Waals surface area contributed by atoms with E-state index in [-0.39, 0.29) is 5.91 Å². The van der Waals surface area contributed by atoms with Crippen LogP contribution in [0, 0.1) is 11.3 Å². The third kappa shape index (κ3) is 2.26. The molecule has 0 saturated carbocycles. The minimum atomic E-state index is -0.306. The second-order valence-corrected chi connectivity index (χ2v) is 3.99. The summed E-state index contributed by atoms with van der Waals surface area (Å²) in [6, 6.07) is 3.55. The van der Waals surface area contributed by atoms with Crippen LogP contribution in [-0.2, 0) is 0 Å². The van der Waals surface area contributed by atoms with Gasteiger partial charge in [0.05, 0.1) is 18.2 Å². The molecule has 0 fully saturated rings. The Balaban J connectivity index is 2.15. The Morgan fingerprint density at radius 1 is 1.71 bits per heavy atom. The predicted octanol–water partition coefficient (Wildman–Crippen LogP) is 1.60. The van der Waals surface area contributed by atoms with E-state index in [0.29, 0.717) is 22.0 Å². The third-order valence-corrected chi connectivity index (χ3v) is 2.94. The summed E-state index contributed by atoms with van der Waals surface area (Å²) in [5.41, 5.74) is 0.293. The fourth-order valence-corrected chi connectivity index (χ4v) is 1.94. The fourth-order valence-electron chi connectivity index (χ4n) is 1.19. The van der Waals surface area contributed by atoms with Gasteiger partial charge < -0.3 is 10.1 Å². The van der Waals surface area contributed by atoms with Gasteiger partial charge in [0.2, 0.25) is 0 Å². The Hall–Kier alpha value is -2.33. The van der Waals surface area contributed by atoms with E-state index in [9.17, 15) is 4.79 Å². The Morgan fingerprint density at radius 2 is 2.53 bits per heavy atom. The Labute approximate surface area is 101 Å². The number of nitrogens with zero attached hydrogens (tertiary/aromatic N) is 2. The summed E-state index contributed by atoms with van der Waals surface area (Å²) < 4.78 is 4.98. The number of thiophene rings is 1. The van der Waals surface area contributed by atoms with Gasteiger partial charge in [-0.05, 0) is 0 Å². The molecule has 0 saturated heterocycles. The molecule has 0 aliphatic heterocycles. The summed E-state index contributed by atoms with van der Waals surface area (Å²) >= 11 is 1.26. The average molecular weight is 248 g/mol. The summed E-state index contributed by atoms with van der Waals surface area (Å²) in [6.07, 6.45) is 1.35. The number of nitrogens with one attached hydrogen (secondary N) is 2. The first-order chi connectivity index (χ1) is 8.24. The van der Waals surface area contributed by atoms with E-state index in [1.807, 2.05) is 6.07 Å². The standard InChI is InChI=1S/C10H8N4O2S/c1-16-7-2-8(17-5-7)10(15)13-9-6(3-11)4-12-14-9/h2,4-5H,1H3,(H2,12,13,14,15). The van der Waals surface area contributed by atoms with Crippen LogP contribution in [0.15, 0.2) is 17.6 Å². The molecule has 0 radical (unpaired) electrons. The van der Waals surface area contributed by atoms with Crippen LogP contribution in [-0.4, -0.2) is 23.2 Å². The number of hydrogen-bond donors (Lipinski definition) is 2. The molecular weight excluding hydrogens is 240 g/mol. The maximum atomic E-state index is 11.8. The van der Waals surface area contributed by atoms with Crippen molar-refractivity contribution >= 4 is 23.1 Å². The molecule has 0 aliphatic carbocycles. The number of anilines is 1. The summed E-state index contributed by atoms with van der Waals surface area (Å²) in [4.78, 5) is 12.3. The topological polar surface area (TPSA) is 90.8 Å². The predicted molar refractivity (Wildman–Crippen MR) is 62.1 cm³/mol. The van der Waals surface area contributed by atoms with Crippen molar-refractivity contribution in [3.05, 3.63) is 28.1 Å². The quantitative estimate of drug-likeness (QED) is 0.863. The van der Waals surface area contributed by atoms with Crippen LogP contribution in [0.25, 0.3) is 0 Å². The van der Waals surface area contributed by atoms with Gasteiger partial charge in [0.15, 0.2) is 0 Å². The van der Waals surface area contributed by atoms with Crippen LogP contribution in [0.5, 0.6) is 5.75 Å². The largest absolute Gasteiger partial charge is 0.496 e. The van der Waals surface area contributed by atoms with Crippen molar-refractivity contribution in [3.8, 4) is 11.8 Å².